The number of benzene rings is 1. The van der Waals surface area contributed by atoms with Gasteiger partial charge < -0.3 is 9.14 Å². The van der Waals surface area contributed by atoms with Crippen molar-refractivity contribution < 1.29 is 4.74 Å². The maximum atomic E-state index is 5.16. The first-order valence-electron chi connectivity index (χ1n) is 6.32. The monoisotopic (exact) mass is 252 g/mol. The second-order valence-corrected chi connectivity index (χ2v) is 4.73. The summed E-state index contributed by atoms with van der Waals surface area (Å²) >= 11 is 0. The maximum Gasteiger partial charge on any atom is 0.137 e. The highest BCUT2D eigenvalue weighted by Crippen LogP contribution is 2.15. The van der Waals surface area contributed by atoms with Crippen molar-refractivity contribution >= 4 is 5.65 Å². The number of pyridine rings is 1. The summed E-state index contributed by atoms with van der Waals surface area (Å²) in [5, 5.41) is 0. The van der Waals surface area contributed by atoms with E-state index in [1.165, 1.54) is 11.1 Å². The van der Waals surface area contributed by atoms with Crippen LogP contribution >= 0.6 is 0 Å². The molecule has 2 heterocycles. The van der Waals surface area contributed by atoms with E-state index in [2.05, 4.69) is 46.9 Å². The predicted molar refractivity (Wildman–Crippen MR) is 75.7 cm³/mol. The number of methoxy groups -OCH3 is 1. The van der Waals surface area contributed by atoms with Gasteiger partial charge in [-0.25, -0.2) is 4.98 Å². The summed E-state index contributed by atoms with van der Waals surface area (Å²) in [5.74, 6) is 0.884. The summed E-state index contributed by atoms with van der Waals surface area (Å²) in [5.41, 5.74) is 4.55. The Morgan fingerprint density at radius 1 is 1.05 bits per heavy atom. The Morgan fingerprint density at radius 2 is 1.84 bits per heavy atom. The molecule has 0 aliphatic carbocycles. The van der Waals surface area contributed by atoms with Crippen LogP contribution in [0.4, 0.5) is 0 Å². The van der Waals surface area contributed by atoms with Crippen LogP contribution in [0.3, 0.4) is 0 Å². The summed E-state index contributed by atoms with van der Waals surface area (Å²) in [7, 11) is 1.68. The van der Waals surface area contributed by atoms with E-state index in [0.29, 0.717) is 0 Å². The molecule has 3 aromatic rings. The third kappa shape index (κ3) is 2.45. The topological polar surface area (TPSA) is 26.5 Å². The lowest BCUT2D eigenvalue weighted by molar-refractivity contribution is 0.414. The standard InChI is InChI=1S/C16H16N2O/c1-12-3-8-16-17-14(11-18(16)10-12)9-13-4-6-15(19-2)7-5-13/h3-8,10-11H,9H2,1-2H3. The molecule has 1 aromatic carbocycles. The molecule has 19 heavy (non-hydrogen) atoms. The van der Waals surface area contributed by atoms with Gasteiger partial charge >= 0.3 is 0 Å². The molecule has 0 fully saturated rings. The Morgan fingerprint density at radius 3 is 2.58 bits per heavy atom. The van der Waals surface area contributed by atoms with E-state index in [-0.39, 0.29) is 0 Å². The quantitative estimate of drug-likeness (QED) is 0.715. The van der Waals surface area contributed by atoms with E-state index in [1.54, 1.807) is 7.11 Å². The van der Waals surface area contributed by atoms with Gasteiger partial charge in [0.15, 0.2) is 0 Å². The zero-order chi connectivity index (χ0) is 13.2. The summed E-state index contributed by atoms with van der Waals surface area (Å²) in [6.45, 7) is 2.09. The van der Waals surface area contributed by atoms with Gasteiger partial charge in [0, 0.05) is 18.8 Å². The fourth-order valence-corrected chi connectivity index (χ4v) is 2.19. The highest BCUT2D eigenvalue weighted by molar-refractivity contribution is 5.42. The van der Waals surface area contributed by atoms with E-state index < -0.39 is 0 Å². The van der Waals surface area contributed by atoms with Crippen LogP contribution in [0, 0.1) is 6.92 Å². The average Bonchev–Trinajstić information content (AvgIpc) is 2.81. The molecule has 96 valence electrons. The van der Waals surface area contributed by atoms with E-state index >= 15 is 0 Å². The molecule has 0 atom stereocenters. The van der Waals surface area contributed by atoms with Crippen molar-refractivity contribution in [3.63, 3.8) is 0 Å². The minimum absolute atomic E-state index is 0.838. The van der Waals surface area contributed by atoms with Gasteiger partial charge in [-0.05, 0) is 36.2 Å². The van der Waals surface area contributed by atoms with E-state index in [1.807, 2.05) is 18.2 Å². The van der Waals surface area contributed by atoms with Gasteiger partial charge in [0.25, 0.3) is 0 Å². The predicted octanol–water partition coefficient (Wildman–Crippen LogP) is 3.24. The highest BCUT2D eigenvalue weighted by Gasteiger charge is 2.03. The number of nitrogens with zero attached hydrogens (tertiary/aromatic N) is 2. The number of hydrogen-bond donors (Lipinski definition) is 0. The molecule has 3 heteroatoms. The summed E-state index contributed by atoms with van der Waals surface area (Å²) in [6.07, 6.45) is 5.02. The van der Waals surface area contributed by atoms with Crippen molar-refractivity contribution in [2.45, 2.75) is 13.3 Å². The minimum Gasteiger partial charge on any atom is -0.497 e. The summed E-state index contributed by atoms with van der Waals surface area (Å²) in [4.78, 5) is 4.62. The van der Waals surface area contributed by atoms with Crippen molar-refractivity contribution in [2.24, 2.45) is 0 Å². The molecule has 2 aromatic heterocycles. The number of imidazole rings is 1. The molecule has 0 saturated carbocycles. The van der Waals surface area contributed by atoms with Crippen LogP contribution < -0.4 is 4.74 Å². The largest absolute Gasteiger partial charge is 0.497 e. The lowest BCUT2D eigenvalue weighted by atomic mass is 10.1. The molecule has 0 aliphatic rings. The van der Waals surface area contributed by atoms with Crippen molar-refractivity contribution in [1.29, 1.82) is 0 Å². The lowest BCUT2D eigenvalue weighted by Crippen LogP contribution is -1.89. The molecule has 3 nitrogen and oxygen atoms in total. The average molecular weight is 252 g/mol. The van der Waals surface area contributed by atoms with Crippen LogP contribution in [-0.2, 0) is 6.42 Å². The normalized spacial score (nSPS) is 10.8. The summed E-state index contributed by atoms with van der Waals surface area (Å²) in [6, 6.07) is 12.2. The van der Waals surface area contributed by atoms with Crippen LogP contribution in [0.25, 0.3) is 5.65 Å². The Bertz CT molecular complexity index is 698. The fourth-order valence-electron chi connectivity index (χ4n) is 2.19. The van der Waals surface area contributed by atoms with Crippen LogP contribution in [-0.4, -0.2) is 16.5 Å². The van der Waals surface area contributed by atoms with E-state index in [4.69, 9.17) is 4.74 Å². The summed E-state index contributed by atoms with van der Waals surface area (Å²) < 4.78 is 7.24. The first-order valence-corrected chi connectivity index (χ1v) is 6.32. The van der Waals surface area contributed by atoms with Gasteiger partial charge in [0.2, 0.25) is 0 Å². The Balaban J connectivity index is 1.87. The SMILES string of the molecule is COc1ccc(Cc2cn3cc(C)ccc3n2)cc1. The van der Waals surface area contributed by atoms with E-state index in [9.17, 15) is 0 Å². The number of aromatic nitrogens is 2. The molecule has 0 N–H and O–H groups in total. The van der Waals surface area contributed by atoms with Gasteiger partial charge in [0.1, 0.15) is 11.4 Å². The van der Waals surface area contributed by atoms with Crippen LogP contribution in [0.5, 0.6) is 5.75 Å². The van der Waals surface area contributed by atoms with E-state index in [0.717, 1.165) is 23.5 Å². The first kappa shape index (κ1) is 11.8. The first-order chi connectivity index (χ1) is 9.24. The van der Waals surface area contributed by atoms with Crippen molar-refractivity contribution in [2.75, 3.05) is 7.11 Å². The third-order valence-electron chi connectivity index (χ3n) is 3.19. The Hall–Kier alpha value is -2.29. The van der Waals surface area contributed by atoms with Crippen molar-refractivity contribution in [3.8, 4) is 5.75 Å². The molecule has 0 aliphatic heterocycles. The number of hydrogen-bond acceptors (Lipinski definition) is 2. The molecule has 0 unspecified atom stereocenters. The van der Waals surface area contributed by atoms with Crippen LogP contribution in [0.1, 0.15) is 16.8 Å². The highest BCUT2D eigenvalue weighted by atomic mass is 16.5. The van der Waals surface area contributed by atoms with Crippen LogP contribution in [0.15, 0.2) is 48.8 Å². The molecule has 0 radical (unpaired) electrons. The maximum absolute atomic E-state index is 5.16. The van der Waals surface area contributed by atoms with Gasteiger partial charge in [-0.3, -0.25) is 0 Å². The fraction of sp³-hybridized carbons (Fsp3) is 0.188. The zero-order valence-corrected chi connectivity index (χ0v) is 11.1. The molecular weight excluding hydrogens is 236 g/mol. The molecule has 0 spiro atoms. The molecule has 0 bridgehead atoms. The lowest BCUT2D eigenvalue weighted by Gasteiger charge is -2.01. The van der Waals surface area contributed by atoms with Crippen molar-refractivity contribution in [1.82, 2.24) is 9.38 Å². The second-order valence-electron chi connectivity index (χ2n) is 4.73. The Kier molecular flexibility index (Phi) is 2.95. The van der Waals surface area contributed by atoms with Crippen molar-refractivity contribution in [3.05, 3.63) is 65.6 Å². The van der Waals surface area contributed by atoms with Crippen LogP contribution in [0.2, 0.25) is 0 Å². The number of fused-ring (bicyclic) bond motifs is 1. The molecule has 3 rings (SSSR count). The van der Waals surface area contributed by atoms with Gasteiger partial charge in [-0.15, -0.1) is 0 Å². The molecule has 0 saturated heterocycles. The number of ether oxygens (including phenoxy) is 1. The number of rotatable bonds is 3. The molecular formula is C16H16N2O. The zero-order valence-electron chi connectivity index (χ0n) is 11.1. The number of aryl methyl sites for hydroxylation is 1. The third-order valence-corrected chi connectivity index (χ3v) is 3.19. The molecule has 0 amide bonds. The minimum atomic E-state index is 0.838. The van der Waals surface area contributed by atoms with Gasteiger partial charge in [-0.1, -0.05) is 18.2 Å². The Labute approximate surface area is 112 Å². The van der Waals surface area contributed by atoms with Gasteiger partial charge in [-0.2, -0.15) is 0 Å². The van der Waals surface area contributed by atoms with Gasteiger partial charge in [0.05, 0.1) is 12.8 Å². The second kappa shape index (κ2) is 4.76. The smallest absolute Gasteiger partial charge is 0.137 e.